The maximum absolute atomic E-state index is 10.2. The summed E-state index contributed by atoms with van der Waals surface area (Å²) in [6.45, 7) is 10.6. The summed E-state index contributed by atoms with van der Waals surface area (Å²) in [5.74, 6) is 1.60. The number of hydrogen-bond acceptors (Lipinski definition) is 6. The summed E-state index contributed by atoms with van der Waals surface area (Å²) >= 11 is 0. The molecule has 6 heteroatoms. The highest BCUT2D eigenvalue weighted by atomic mass is 16.5. The van der Waals surface area contributed by atoms with Crippen LogP contribution in [0.3, 0.4) is 0 Å². The number of piperazine rings is 1. The van der Waals surface area contributed by atoms with E-state index >= 15 is 0 Å². The zero-order valence-electron chi connectivity index (χ0n) is 16.1. The summed E-state index contributed by atoms with van der Waals surface area (Å²) in [6.07, 6.45) is -0.456. The van der Waals surface area contributed by atoms with Crippen LogP contribution in [-0.2, 0) is 4.74 Å². The number of rotatable bonds is 7. The van der Waals surface area contributed by atoms with Crippen molar-refractivity contribution in [1.82, 2.24) is 4.90 Å². The largest absolute Gasteiger partial charge is 0.497 e. The fraction of sp³-hybridized carbons (Fsp3) is 0.684. The van der Waals surface area contributed by atoms with E-state index < -0.39 is 6.10 Å². The van der Waals surface area contributed by atoms with Gasteiger partial charge in [0.15, 0.2) is 0 Å². The Labute approximate surface area is 151 Å². The van der Waals surface area contributed by atoms with Crippen LogP contribution in [0.5, 0.6) is 11.5 Å². The highest BCUT2D eigenvalue weighted by molar-refractivity contribution is 5.56. The topological polar surface area (TPSA) is 54.4 Å². The smallest absolute Gasteiger partial charge is 0.124 e. The Hall–Kier alpha value is -1.50. The van der Waals surface area contributed by atoms with Gasteiger partial charge in [-0.3, -0.25) is 4.90 Å². The predicted octanol–water partition coefficient (Wildman–Crippen LogP) is 2.00. The van der Waals surface area contributed by atoms with Gasteiger partial charge in [0, 0.05) is 56.6 Å². The van der Waals surface area contributed by atoms with Crippen LogP contribution in [-0.4, -0.2) is 75.3 Å². The van der Waals surface area contributed by atoms with Crippen molar-refractivity contribution in [2.45, 2.75) is 32.5 Å². The fourth-order valence-corrected chi connectivity index (χ4v) is 2.86. The quantitative estimate of drug-likeness (QED) is 0.810. The van der Waals surface area contributed by atoms with Crippen molar-refractivity contribution in [3.05, 3.63) is 18.2 Å². The van der Waals surface area contributed by atoms with Crippen LogP contribution < -0.4 is 14.4 Å². The van der Waals surface area contributed by atoms with Crippen LogP contribution in [0, 0.1) is 0 Å². The van der Waals surface area contributed by atoms with Gasteiger partial charge in [-0.05, 0) is 20.8 Å². The Kier molecular flexibility index (Phi) is 6.93. The molecule has 1 heterocycles. The number of ether oxygens (including phenoxy) is 3. The number of anilines is 1. The van der Waals surface area contributed by atoms with Crippen molar-refractivity contribution in [2.75, 3.05) is 58.5 Å². The molecule has 0 spiro atoms. The molecule has 0 amide bonds. The number of β-amino-alcohol motifs (C(OH)–C–C–N with tert-alkyl or cyclic N) is 1. The maximum atomic E-state index is 10.2. The van der Waals surface area contributed by atoms with E-state index in [-0.39, 0.29) is 5.60 Å². The van der Waals surface area contributed by atoms with Gasteiger partial charge in [-0.25, -0.2) is 0 Å². The van der Waals surface area contributed by atoms with Gasteiger partial charge in [-0.1, -0.05) is 0 Å². The van der Waals surface area contributed by atoms with E-state index in [9.17, 15) is 5.11 Å². The van der Waals surface area contributed by atoms with Gasteiger partial charge in [0.2, 0.25) is 0 Å². The first-order valence-electron chi connectivity index (χ1n) is 8.83. The number of benzene rings is 1. The van der Waals surface area contributed by atoms with Gasteiger partial charge in [0.1, 0.15) is 11.5 Å². The Morgan fingerprint density at radius 1 is 1.00 bits per heavy atom. The van der Waals surface area contributed by atoms with E-state index in [1.807, 2.05) is 39.0 Å². The van der Waals surface area contributed by atoms with Gasteiger partial charge >= 0.3 is 0 Å². The van der Waals surface area contributed by atoms with Gasteiger partial charge in [-0.2, -0.15) is 0 Å². The Bertz CT molecular complexity index is 514. The van der Waals surface area contributed by atoms with E-state index in [4.69, 9.17) is 14.2 Å². The Balaban J connectivity index is 1.85. The minimum absolute atomic E-state index is 0.217. The van der Waals surface area contributed by atoms with Crippen LogP contribution in [0.15, 0.2) is 18.2 Å². The molecular formula is C19H32N2O4. The van der Waals surface area contributed by atoms with Crippen molar-refractivity contribution in [3.63, 3.8) is 0 Å². The number of aliphatic hydroxyl groups is 1. The molecule has 1 aromatic carbocycles. The molecule has 25 heavy (non-hydrogen) atoms. The molecule has 6 nitrogen and oxygen atoms in total. The minimum atomic E-state index is -0.456. The zero-order chi connectivity index (χ0) is 18.4. The molecule has 1 aliphatic heterocycles. The van der Waals surface area contributed by atoms with E-state index in [2.05, 4.69) is 9.80 Å². The standard InChI is InChI=1S/C19H32N2O4/c1-19(2,3)25-14-16(22)13-20-6-8-21(9-7-20)15-10-17(23-4)12-18(11-15)24-5/h10-12,16,22H,6-9,13-14H2,1-5H3. The molecule has 1 unspecified atom stereocenters. The molecule has 1 fully saturated rings. The molecular weight excluding hydrogens is 320 g/mol. The van der Waals surface area contributed by atoms with Gasteiger partial charge in [0.25, 0.3) is 0 Å². The average Bonchev–Trinajstić information content (AvgIpc) is 2.59. The highest BCUT2D eigenvalue weighted by Crippen LogP contribution is 2.29. The second-order valence-electron chi connectivity index (χ2n) is 7.44. The monoisotopic (exact) mass is 352 g/mol. The summed E-state index contributed by atoms with van der Waals surface area (Å²) in [5.41, 5.74) is 0.887. The lowest BCUT2D eigenvalue weighted by molar-refractivity contribution is -0.0563. The number of nitrogens with zero attached hydrogens (tertiary/aromatic N) is 2. The SMILES string of the molecule is COc1cc(OC)cc(N2CCN(CC(O)COC(C)(C)C)CC2)c1. The second-order valence-corrected chi connectivity index (χ2v) is 7.44. The average molecular weight is 352 g/mol. The first-order valence-corrected chi connectivity index (χ1v) is 8.83. The first kappa shape index (κ1) is 19.8. The lowest BCUT2D eigenvalue weighted by Gasteiger charge is -2.37. The van der Waals surface area contributed by atoms with Crippen LogP contribution in [0.25, 0.3) is 0 Å². The molecule has 0 aromatic heterocycles. The third kappa shape index (κ3) is 6.38. The minimum Gasteiger partial charge on any atom is -0.497 e. The van der Waals surface area contributed by atoms with Crippen molar-refractivity contribution < 1.29 is 19.3 Å². The summed E-state index contributed by atoms with van der Waals surface area (Å²) < 4.78 is 16.4. The van der Waals surface area contributed by atoms with Crippen molar-refractivity contribution in [3.8, 4) is 11.5 Å². The van der Waals surface area contributed by atoms with E-state index in [1.54, 1.807) is 14.2 Å². The van der Waals surface area contributed by atoms with E-state index in [0.29, 0.717) is 13.2 Å². The molecule has 0 radical (unpaired) electrons. The molecule has 0 bridgehead atoms. The van der Waals surface area contributed by atoms with Crippen molar-refractivity contribution >= 4 is 5.69 Å². The first-order chi connectivity index (χ1) is 11.8. The summed E-state index contributed by atoms with van der Waals surface area (Å²) in [5, 5.41) is 10.2. The number of hydrogen-bond donors (Lipinski definition) is 1. The van der Waals surface area contributed by atoms with Crippen LogP contribution in [0.2, 0.25) is 0 Å². The summed E-state index contributed by atoms with van der Waals surface area (Å²) in [6, 6.07) is 5.94. The molecule has 142 valence electrons. The third-order valence-electron chi connectivity index (χ3n) is 4.25. The Morgan fingerprint density at radius 3 is 2.04 bits per heavy atom. The third-order valence-corrected chi connectivity index (χ3v) is 4.25. The molecule has 1 aliphatic rings. The summed E-state index contributed by atoms with van der Waals surface area (Å²) in [7, 11) is 3.33. The van der Waals surface area contributed by atoms with Crippen LogP contribution in [0.1, 0.15) is 20.8 Å². The summed E-state index contributed by atoms with van der Waals surface area (Å²) in [4.78, 5) is 4.60. The van der Waals surface area contributed by atoms with Gasteiger partial charge in [-0.15, -0.1) is 0 Å². The normalized spacial score (nSPS) is 17.4. The second kappa shape index (κ2) is 8.74. The number of aliphatic hydroxyl groups excluding tert-OH is 1. The fourth-order valence-electron chi connectivity index (χ4n) is 2.86. The molecule has 1 atom stereocenters. The zero-order valence-corrected chi connectivity index (χ0v) is 16.1. The molecule has 1 aromatic rings. The maximum Gasteiger partial charge on any atom is 0.124 e. The molecule has 0 saturated carbocycles. The van der Waals surface area contributed by atoms with E-state index in [1.165, 1.54) is 0 Å². The molecule has 1 N–H and O–H groups in total. The number of methoxy groups -OCH3 is 2. The lowest BCUT2D eigenvalue weighted by atomic mass is 10.2. The lowest BCUT2D eigenvalue weighted by Crippen LogP contribution is -2.49. The Morgan fingerprint density at radius 2 is 1.56 bits per heavy atom. The van der Waals surface area contributed by atoms with Gasteiger partial charge < -0.3 is 24.2 Å². The van der Waals surface area contributed by atoms with Crippen LogP contribution >= 0.6 is 0 Å². The molecule has 1 saturated heterocycles. The molecule has 0 aliphatic carbocycles. The van der Waals surface area contributed by atoms with Crippen molar-refractivity contribution in [1.29, 1.82) is 0 Å². The van der Waals surface area contributed by atoms with Gasteiger partial charge in [0.05, 0.1) is 32.5 Å². The van der Waals surface area contributed by atoms with E-state index in [0.717, 1.165) is 43.4 Å². The molecule has 2 rings (SSSR count). The predicted molar refractivity (Wildman–Crippen MR) is 99.9 cm³/mol. The van der Waals surface area contributed by atoms with Crippen LogP contribution in [0.4, 0.5) is 5.69 Å². The highest BCUT2D eigenvalue weighted by Gasteiger charge is 2.21. The van der Waals surface area contributed by atoms with Crippen molar-refractivity contribution in [2.24, 2.45) is 0 Å².